The van der Waals surface area contributed by atoms with E-state index in [1.54, 1.807) is 20.8 Å². The van der Waals surface area contributed by atoms with Gasteiger partial charge in [-0.25, -0.2) is 8.78 Å². The highest BCUT2D eigenvalue weighted by Gasteiger charge is 2.21. The Labute approximate surface area is 87.6 Å². The van der Waals surface area contributed by atoms with Gasteiger partial charge in [0.1, 0.15) is 17.5 Å². The fourth-order valence-corrected chi connectivity index (χ4v) is 1.33. The fourth-order valence-electron chi connectivity index (χ4n) is 1.33. The van der Waals surface area contributed by atoms with Crippen molar-refractivity contribution in [1.82, 2.24) is 0 Å². The Kier molecular flexibility index (Phi) is 2.79. The average Bonchev–Trinajstić information content (AvgIpc) is 2.06. The highest BCUT2D eigenvalue weighted by Crippen LogP contribution is 2.27. The SMILES string of the molecule is CC(C)(C)c1cc(F)c(C(=N)N)cc1F. The number of nitrogen functional groups attached to an aromatic ring is 1. The summed E-state index contributed by atoms with van der Waals surface area (Å²) in [5.74, 6) is -1.66. The zero-order chi connectivity index (χ0) is 11.8. The Morgan fingerprint density at radius 1 is 1.20 bits per heavy atom. The molecule has 0 amide bonds. The van der Waals surface area contributed by atoms with Gasteiger partial charge in [0.2, 0.25) is 0 Å². The van der Waals surface area contributed by atoms with E-state index in [1.165, 1.54) is 0 Å². The molecule has 0 unspecified atom stereocenters. The van der Waals surface area contributed by atoms with Crippen LogP contribution in [0.15, 0.2) is 12.1 Å². The van der Waals surface area contributed by atoms with Gasteiger partial charge in [0.05, 0.1) is 5.56 Å². The van der Waals surface area contributed by atoms with Crippen molar-refractivity contribution in [2.24, 2.45) is 5.73 Å². The minimum absolute atomic E-state index is 0.194. The highest BCUT2D eigenvalue weighted by molar-refractivity contribution is 5.95. The lowest BCUT2D eigenvalue weighted by Gasteiger charge is -2.20. The van der Waals surface area contributed by atoms with E-state index in [9.17, 15) is 8.78 Å². The molecule has 0 aliphatic carbocycles. The molecule has 3 N–H and O–H groups in total. The zero-order valence-electron chi connectivity index (χ0n) is 8.99. The Morgan fingerprint density at radius 3 is 2.13 bits per heavy atom. The van der Waals surface area contributed by atoms with Crippen LogP contribution >= 0.6 is 0 Å². The molecule has 0 spiro atoms. The summed E-state index contributed by atoms with van der Waals surface area (Å²) in [6.07, 6.45) is 0. The number of halogens is 2. The molecule has 15 heavy (non-hydrogen) atoms. The molecule has 0 saturated heterocycles. The minimum Gasteiger partial charge on any atom is -0.384 e. The number of nitrogens with two attached hydrogens (primary N) is 1. The van der Waals surface area contributed by atoms with E-state index in [1.807, 2.05) is 0 Å². The zero-order valence-corrected chi connectivity index (χ0v) is 8.99. The first-order valence-electron chi connectivity index (χ1n) is 4.57. The quantitative estimate of drug-likeness (QED) is 0.545. The van der Waals surface area contributed by atoms with E-state index in [2.05, 4.69) is 0 Å². The van der Waals surface area contributed by atoms with Crippen molar-refractivity contribution < 1.29 is 8.78 Å². The average molecular weight is 212 g/mol. The van der Waals surface area contributed by atoms with E-state index >= 15 is 0 Å². The molecule has 2 nitrogen and oxygen atoms in total. The summed E-state index contributed by atoms with van der Waals surface area (Å²) in [5, 5.41) is 7.07. The fraction of sp³-hybridized carbons (Fsp3) is 0.364. The third-order valence-electron chi connectivity index (χ3n) is 2.15. The van der Waals surface area contributed by atoms with Crippen molar-refractivity contribution >= 4 is 5.84 Å². The molecule has 0 fully saturated rings. The largest absolute Gasteiger partial charge is 0.384 e. The summed E-state index contributed by atoms with van der Waals surface area (Å²) in [4.78, 5) is 0. The molecular formula is C11H14F2N2. The molecule has 1 aromatic carbocycles. The van der Waals surface area contributed by atoms with Gasteiger partial charge in [-0.15, -0.1) is 0 Å². The van der Waals surface area contributed by atoms with Crippen LogP contribution in [-0.4, -0.2) is 5.84 Å². The summed E-state index contributed by atoms with van der Waals surface area (Å²) in [5.41, 5.74) is 4.74. The van der Waals surface area contributed by atoms with E-state index in [-0.39, 0.29) is 11.1 Å². The van der Waals surface area contributed by atoms with Crippen LogP contribution in [0.2, 0.25) is 0 Å². The Bertz CT molecular complexity index is 406. The predicted octanol–water partition coefficient (Wildman–Crippen LogP) is 2.55. The van der Waals surface area contributed by atoms with Crippen molar-refractivity contribution in [1.29, 1.82) is 5.41 Å². The van der Waals surface area contributed by atoms with Gasteiger partial charge in [-0.2, -0.15) is 0 Å². The maximum atomic E-state index is 13.6. The van der Waals surface area contributed by atoms with E-state index < -0.39 is 22.9 Å². The van der Waals surface area contributed by atoms with Gasteiger partial charge in [-0.1, -0.05) is 20.8 Å². The lowest BCUT2D eigenvalue weighted by molar-refractivity contribution is 0.511. The molecular weight excluding hydrogens is 198 g/mol. The van der Waals surface area contributed by atoms with Crippen molar-refractivity contribution in [3.05, 3.63) is 34.9 Å². The molecule has 0 heterocycles. The topological polar surface area (TPSA) is 49.9 Å². The van der Waals surface area contributed by atoms with Gasteiger partial charge in [0.15, 0.2) is 0 Å². The van der Waals surface area contributed by atoms with Gasteiger partial charge in [0, 0.05) is 0 Å². The van der Waals surface area contributed by atoms with Crippen LogP contribution in [0.25, 0.3) is 0 Å². The van der Waals surface area contributed by atoms with E-state index in [0.717, 1.165) is 12.1 Å². The van der Waals surface area contributed by atoms with Gasteiger partial charge in [0.25, 0.3) is 0 Å². The van der Waals surface area contributed by atoms with Gasteiger partial charge < -0.3 is 5.73 Å². The first kappa shape index (κ1) is 11.6. The number of nitrogens with one attached hydrogen (secondary N) is 1. The van der Waals surface area contributed by atoms with E-state index in [0.29, 0.717) is 0 Å². The summed E-state index contributed by atoms with van der Waals surface area (Å²) >= 11 is 0. The monoisotopic (exact) mass is 212 g/mol. The number of hydrogen-bond donors (Lipinski definition) is 2. The normalized spacial score (nSPS) is 11.5. The van der Waals surface area contributed by atoms with Gasteiger partial charge in [-0.3, -0.25) is 5.41 Å². The predicted molar refractivity (Wildman–Crippen MR) is 56.1 cm³/mol. The van der Waals surface area contributed by atoms with E-state index in [4.69, 9.17) is 11.1 Å². The second kappa shape index (κ2) is 3.61. The van der Waals surface area contributed by atoms with Crippen LogP contribution < -0.4 is 5.73 Å². The lowest BCUT2D eigenvalue weighted by atomic mass is 9.86. The first-order valence-corrected chi connectivity index (χ1v) is 4.57. The smallest absolute Gasteiger partial charge is 0.134 e. The molecule has 4 heteroatoms. The standard InChI is InChI=1S/C11H14F2N2/c1-11(2,3)7-5-8(12)6(10(14)15)4-9(7)13/h4-5H,1-3H3,(H3,14,15). The van der Waals surface area contributed by atoms with Crippen molar-refractivity contribution in [2.45, 2.75) is 26.2 Å². The maximum absolute atomic E-state index is 13.6. The highest BCUT2D eigenvalue weighted by atomic mass is 19.1. The number of rotatable bonds is 1. The molecule has 0 aliphatic rings. The summed E-state index contributed by atoms with van der Waals surface area (Å²) in [6.45, 7) is 5.37. The van der Waals surface area contributed by atoms with Crippen LogP contribution in [0.5, 0.6) is 0 Å². The Morgan fingerprint density at radius 2 is 1.73 bits per heavy atom. The number of benzene rings is 1. The van der Waals surface area contributed by atoms with Crippen LogP contribution in [-0.2, 0) is 5.41 Å². The summed E-state index contributed by atoms with van der Waals surface area (Å²) in [6, 6.07) is 2.07. The minimum atomic E-state index is -0.658. The molecule has 1 aromatic rings. The van der Waals surface area contributed by atoms with Crippen LogP contribution in [0.1, 0.15) is 31.9 Å². The Hall–Kier alpha value is -1.45. The molecule has 0 radical (unpaired) electrons. The third kappa shape index (κ3) is 2.32. The molecule has 0 saturated carbocycles. The van der Waals surface area contributed by atoms with Gasteiger partial charge >= 0.3 is 0 Å². The van der Waals surface area contributed by atoms with Crippen molar-refractivity contribution in [3.8, 4) is 0 Å². The lowest BCUT2D eigenvalue weighted by Crippen LogP contribution is -2.18. The van der Waals surface area contributed by atoms with Crippen molar-refractivity contribution in [3.63, 3.8) is 0 Å². The Balaban J connectivity index is 3.39. The first-order chi connectivity index (χ1) is 6.73. The van der Waals surface area contributed by atoms with Crippen molar-refractivity contribution in [2.75, 3.05) is 0 Å². The molecule has 0 aliphatic heterocycles. The summed E-state index contributed by atoms with van der Waals surface area (Å²) < 4.78 is 27.0. The second-order valence-electron chi connectivity index (χ2n) is 4.48. The maximum Gasteiger partial charge on any atom is 0.134 e. The van der Waals surface area contributed by atoms with Crippen LogP contribution in [0.4, 0.5) is 8.78 Å². The van der Waals surface area contributed by atoms with Gasteiger partial charge in [-0.05, 0) is 23.1 Å². The van der Waals surface area contributed by atoms with Crippen LogP contribution in [0.3, 0.4) is 0 Å². The molecule has 82 valence electrons. The number of amidine groups is 1. The molecule has 0 aromatic heterocycles. The summed E-state index contributed by atoms with van der Waals surface area (Å²) in [7, 11) is 0. The third-order valence-corrected chi connectivity index (χ3v) is 2.15. The molecule has 1 rings (SSSR count). The van der Waals surface area contributed by atoms with Crippen LogP contribution in [0, 0.1) is 17.0 Å². The second-order valence-corrected chi connectivity index (χ2v) is 4.48. The molecule has 0 bridgehead atoms. The number of hydrogen-bond acceptors (Lipinski definition) is 1. The molecule has 0 atom stereocenters.